The predicted molar refractivity (Wildman–Crippen MR) is 135 cm³/mol. The molecule has 0 fully saturated rings. The van der Waals surface area contributed by atoms with Crippen LogP contribution in [-0.4, -0.2) is 30.0 Å². The van der Waals surface area contributed by atoms with Gasteiger partial charge < -0.3 is 19.5 Å². The van der Waals surface area contributed by atoms with E-state index in [1.165, 1.54) is 0 Å². The van der Waals surface area contributed by atoms with Crippen LogP contribution in [0.25, 0.3) is 11.3 Å². The second-order valence-electron chi connectivity index (χ2n) is 9.42. The van der Waals surface area contributed by atoms with Gasteiger partial charge in [0.2, 0.25) is 6.79 Å². The maximum atomic E-state index is 13.3. The Labute approximate surface area is 208 Å². The lowest BCUT2D eigenvalue weighted by Crippen LogP contribution is -2.40. The molecule has 0 saturated heterocycles. The van der Waals surface area contributed by atoms with E-state index in [9.17, 15) is 4.79 Å². The van der Waals surface area contributed by atoms with Crippen molar-refractivity contribution in [2.24, 2.45) is 0 Å². The highest BCUT2D eigenvalue weighted by Crippen LogP contribution is 2.39. The lowest BCUT2D eigenvalue weighted by atomic mass is 10.0. The standard InChI is InChI=1S/C27H24ClN3O4/c1-27(2)13-18-11-20(8-10-22(18)35-27)29-26(32)31-14-21(17-5-9-23-24(12-17)34-15-33-23)25(30-31)16-3-6-19(28)7-4-16/h3-12,30H,13-15H2,1-2H3,(H,29,32). The van der Waals surface area contributed by atoms with Crippen LogP contribution < -0.4 is 25.0 Å². The number of nitrogens with zero attached hydrogens (tertiary/aromatic N) is 1. The van der Waals surface area contributed by atoms with E-state index in [4.69, 9.17) is 25.8 Å². The van der Waals surface area contributed by atoms with Gasteiger partial charge in [0.15, 0.2) is 11.5 Å². The third-order valence-electron chi connectivity index (χ3n) is 6.28. The average Bonchev–Trinajstić information content (AvgIpc) is 3.54. The molecule has 3 aliphatic rings. The molecule has 0 unspecified atom stereocenters. The lowest BCUT2D eigenvalue weighted by molar-refractivity contribution is 0.138. The number of carbonyl (C=O) groups excluding carboxylic acids is 1. The summed E-state index contributed by atoms with van der Waals surface area (Å²) in [7, 11) is 0. The van der Waals surface area contributed by atoms with E-state index in [1.54, 1.807) is 5.01 Å². The van der Waals surface area contributed by atoms with Crippen molar-refractivity contribution in [1.82, 2.24) is 10.4 Å². The highest BCUT2D eigenvalue weighted by molar-refractivity contribution is 6.30. The van der Waals surface area contributed by atoms with Gasteiger partial charge in [0.05, 0.1) is 12.2 Å². The summed E-state index contributed by atoms with van der Waals surface area (Å²) in [5.41, 5.74) is 8.53. The van der Waals surface area contributed by atoms with Crippen molar-refractivity contribution in [2.45, 2.75) is 25.9 Å². The van der Waals surface area contributed by atoms with Crippen molar-refractivity contribution < 1.29 is 19.0 Å². The predicted octanol–water partition coefficient (Wildman–Crippen LogP) is 5.70. The van der Waals surface area contributed by atoms with E-state index in [0.29, 0.717) is 23.1 Å². The SMILES string of the molecule is CC1(C)Cc2cc(NC(=O)N3CC(c4ccc5c(c4)OCO5)=C(c4ccc(Cl)cc4)N3)ccc2O1. The highest BCUT2D eigenvalue weighted by Gasteiger charge is 2.31. The molecule has 7 nitrogen and oxygen atoms in total. The van der Waals surface area contributed by atoms with Crippen molar-refractivity contribution in [3.8, 4) is 17.2 Å². The van der Waals surface area contributed by atoms with Crippen molar-refractivity contribution in [3.05, 3.63) is 82.4 Å². The van der Waals surface area contributed by atoms with Crippen LogP contribution in [0.5, 0.6) is 17.2 Å². The van der Waals surface area contributed by atoms with E-state index in [2.05, 4.69) is 24.6 Å². The monoisotopic (exact) mass is 489 g/mol. The van der Waals surface area contributed by atoms with Crippen LogP contribution in [0.1, 0.15) is 30.5 Å². The van der Waals surface area contributed by atoms with Crippen LogP contribution in [0.3, 0.4) is 0 Å². The quantitative estimate of drug-likeness (QED) is 0.493. The molecule has 0 saturated carbocycles. The Morgan fingerprint density at radius 2 is 1.71 bits per heavy atom. The van der Waals surface area contributed by atoms with Gasteiger partial charge in [0.1, 0.15) is 11.4 Å². The van der Waals surface area contributed by atoms with E-state index in [1.807, 2.05) is 60.7 Å². The Bertz CT molecular complexity index is 1370. The van der Waals surface area contributed by atoms with E-state index in [0.717, 1.165) is 45.8 Å². The number of hydrogen-bond donors (Lipinski definition) is 2. The fourth-order valence-corrected chi connectivity index (χ4v) is 4.78. The molecule has 3 heterocycles. The Balaban J connectivity index is 1.27. The minimum absolute atomic E-state index is 0.206. The molecule has 6 rings (SSSR count). The summed E-state index contributed by atoms with van der Waals surface area (Å²) in [5.74, 6) is 2.27. The van der Waals surface area contributed by atoms with E-state index < -0.39 is 0 Å². The van der Waals surface area contributed by atoms with Gasteiger partial charge in [-0.1, -0.05) is 29.8 Å². The zero-order valence-corrected chi connectivity index (χ0v) is 20.1. The number of ether oxygens (including phenoxy) is 3. The van der Waals surface area contributed by atoms with Crippen LogP contribution >= 0.6 is 11.6 Å². The number of rotatable bonds is 3. The molecule has 0 radical (unpaired) electrons. The van der Waals surface area contributed by atoms with Gasteiger partial charge >= 0.3 is 6.03 Å². The molecule has 178 valence electrons. The molecule has 0 aliphatic carbocycles. The second-order valence-corrected chi connectivity index (χ2v) is 9.85. The summed E-state index contributed by atoms with van der Waals surface area (Å²) in [6.45, 7) is 4.68. The Morgan fingerprint density at radius 1 is 0.971 bits per heavy atom. The molecule has 3 aliphatic heterocycles. The number of carbonyl (C=O) groups is 1. The fourth-order valence-electron chi connectivity index (χ4n) is 4.66. The zero-order valence-electron chi connectivity index (χ0n) is 19.4. The van der Waals surface area contributed by atoms with Crippen LogP contribution in [0, 0.1) is 0 Å². The van der Waals surface area contributed by atoms with Gasteiger partial charge in [-0.25, -0.2) is 9.80 Å². The first-order valence-electron chi connectivity index (χ1n) is 11.4. The van der Waals surface area contributed by atoms with Gasteiger partial charge in [-0.2, -0.15) is 0 Å². The van der Waals surface area contributed by atoms with Crippen molar-refractivity contribution in [3.63, 3.8) is 0 Å². The average molecular weight is 490 g/mol. The zero-order chi connectivity index (χ0) is 24.2. The smallest absolute Gasteiger partial charge is 0.340 e. The molecular weight excluding hydrogens is 466 g/mol. The van der Waals surface area contributed by atoms with Gasteiger partial charge in [0, 0.05) is 28.3 Å². The topological polar surface area (TPSA) is 72.1 Å². The number of benzene rings is 3. The van der Waals surface area contributed by atoms with Gasteiger partial charge in [-0.15, -0.1) is 0 Å². The molecule has 0 atom stereocenters. The number of urea groups is 1. The fraction of sp³-hybridized carbons (Fsp3) is 0.222. The number of anilines is 1. The van der Waals surface area contributed by atoms with Crippen molar-refractivity contribution >= 4 is 34.6 Å². The van der Waals surface area contributed by atoms with Crippen LogP contribution in [0.2, 0.25) is 5.02 Å². The van der Waals surface area contributed by atoms with Crippen LogP contribution in [0.4, 0.5) is 10.5 Å². The Morgan fingerprint density at radius 3 is 2.54 bits per heavy atom. The first-order valence-corrected chi connectivity index (χ1v) is 11.8. The summed E-state index contributed by atoms with van der Waals surface area (Å²) in [5, 5.41) is 5.23. The van der Waals surface area contributed by atoms with Crippen LogP contribution in [-0.2, 0) is 6.42 Å². The van der Waals surface area contributed by atoms with Gasteiger partial charge in [-0.05, 0) is 67.4 Å². The normalized spacial score (nSPS) is 17.2. The summed E-state index contributed by atoms with van der Waals surface area (Å²) in [4.78, 5) is 13.3. The number of nitrogens with one attached hydrogen (secondary N) is 2. The number of fused-ring (bicyclic) bond motifs is 2. The third-order valence-corrected chi connectivity index (χ3v) is 6.53. The van der Waals surface area contributed by atoms with E-state index in [-0.39, 0.29) is 18.4 Å². The number of amides is 2. The first kappa shape index (κ1) is 21.7. The summed E-state index contributed by atoms with van der Waals surface area (Å²) in [6, 6.07) is 18.8. The van der Waals surface area contributed by atoms with E-state index >= 15 is 0 Å². The minimum Gasteiger partial charge on any atom is -0.487 e. The number of hydrazine groups is 1. The largest absolute Gasteiger partial charge is 0.487 e. The Kier molecular flexibility index (Phi) is 5.04. The minimum atomic E-state index is -0.259. The summed E-state index contributed by atoms with van der Waals surface area (Å²) < 4.78 is 17.0. The molecule has 8 heteroatoms. The molecule has 2 amide bonds. The molecule has 35 heavy (non-hydrogen) atoms. The third kappa shape index (κ3) is 4.12. The molecule has 2 N–H and O–H groups in total. The van der Waals surface area contributed by atoms with Gasteiger partial charge in [0.25, 0.3) is 0 Å². The first-order chi connectivity index (χ1) is 16.8. The maximum Gasteiger partial charge on any atom is 0.340 e. The van der Waals surface area contributed by atoms with Gasteiger partial charge in [-0.3, -0.25) is 5.43 Å². The second kappa shape index (κ2) is 8.13. The number of halogens is 1. The molecular formula is C27H24ClN3O4. The molecule has 0 bridgehead atoms. The number of hydrogen-bond acceptors (Lipinski definition) is 5. The van der Waals surface area contributed by atoms with Crippen molar-refractivity contribution in [1.29, 1.82) is 0 Å². The summed E-state index contributed by atoms with van der Waals surface area (Å²) in [6.07, 6.45) is 0.796. The molecule has 3 aromatic carbocycles. The molecule has 0 spiro atoms. The highest BCUT2D eigenvalue weighted by atomic mass is 35.5. The molecule has 3 aromatic rings. The van der Waals surface area contributed by atoms with Crippen molar-refractivity contribution in [2.75, 3.05) is 18.7 Å². The maximum absolute atomic E-state index is 13.3. The molecule has 0 aromatic heterocycles. The summed E-state index contributed by atoms with van der Waals surface area (Å²) >= 11 is 6.11. The van der Waals surface area contributed by atoms with Crippen LogP contribution in [0.15, 0.2) is 60.7 Å². The Hall–Kier alpha value is -3.84. The lowest BCUT2D eigenvalue weighted by Gasteiger charge is -2.19.